The third-order valence-electron chi connectivity index (χ3n) is 4.29. The molecule has 3 rings (SSSR count). The Bertz CT molecular complexity index is 1120. The first-order valence-corrected chi connectivity index (χ1v) is 9.45. The molecule has 1 aromatic heterocycles. The fraction of sp³-hybridized carbons (Fsp3) is 0.143. The van der Waals surface area contributed by atoms with Gasteiger partial charge in [0.1, 0.15) is 28.5 Å². The van der Waals surface area contributed by atoms with Gasteiger partial charge in [0.15, 0.2) is 0 Å². The second kappa shape index (κ2) is 9.00. The van der Waals surface area contributed by atoms with Gasteiger partial charge in [-0.15, -0.1) is 0 Å². The van der Waals surface area contributed by atoms with Crippen molar-refractivity contribution in [2.45, 2.75) is 19.6 Å². The van der Waals surface area contributed by atoms with Crippen LogP contribution in [0, 0.1) is 11.6 Å². The molecule has 0 aliphatic rings. The van der Waals surface area contributed by atoms with Crippen LogP contribution in [0.4, 0.5) is 8.78 Å². The molecule has 150 valence electrons. The summed E-state index contributed by atoms with van der Waals surface area (Å²) < 4.78 is 33.9. The van der Waals surface area contributed by atoms with Gasteiger partial charge in [0.05, 0.1) is 13.0 Å². The van der Waals surface area contributed by atoms with Gasteiger partial charge in [-0.25, -0.2) is 8.78 Å². The molecule has 0 saturated carbocycles. The standard InChI is InChI=1S/C21H17BrF2N2O3/c22-20-18(29-12-15-5-6-16(23)10-17(15)24)7-8-26(21(20)28)11-14-4-2-1-3-13(14)9-19(25)27/h1-8,10H,9,11-12H2,(H2,25,27). The number of benzene rings is 2. The van der Waals surface area contributed by atoms with Crippen molar-refractivity contribution in [3.05, 3.63) is 97.9 Å². The van der Waals surface area contributed by atoms with E-state index >= 15 is 0 Å². The number of nitrogens with two attached hydrogens (primary N) is 1. The van der Waals surface area contributed by atoms with Crippen molar-refractivity contribution in [1.29, 1.82) is 0 Å². The summed E-state index contributed by atoms with van der Waals surface area (Å²) in [5.74, 6) is -1.62. The number of rotatable bonds is 7. The van der Waals surface area contributed by atoms with Gasteiger partial charge >= 0.3 is 0 Å². The highest BCUT2D eigenvalue weighted by atomic mass is 79.9. The van der Waals surface area contributed by atoms with Crippen molar-refractivity contribution < 1.29 is 18.3 Å². The normalized spacial score (nSPS) is 10.7. The highest BCUT2D eigenvalue weighted by Crippen LogP contribution is 2.23. The Hall–Kier alpha value is -3.00. The first-order valence-electron chi connectivity index (χ1n) is 8.66. The smallest absolute Gasteiger partial charge is 0.268 e. The van der Waals surface area contributed by atoms with Gasteiger partial charge in [0, 0.05) is 17.8 Å². The lowest BCUT2D eigenvalue weighted by Gasteiger charge is -2.13. The van der Waals surface area contributed by atoms with E-state index in [2.05, 4.69) is 15.9 Å². The molecule has 2 N–H and O–H groups in total. The van der Waals surface area contributed by atoms with Crippen LogP contribution >= 0.6 is 15.9 Å². The van der Waals surface area contributed by atoms with Crippen molar-refractivity contribution in [3.8, 4) is 5.75 Å². The van der Waals surface area contributed by atoms with E-state index in [0.717, 1.165) is 23.3 Å². The summed E-state index contributed by atoms with van der Waals surface area (Å²) >= 11 is 3.22. The SMILES string of the molecule is NC(=O)Cc1ccccc1Cn1ccc(OCc2ccc(F)cc2F)c(Br)c1=O. The zero-order chi connectivity index (χ0) is 21.0. The van der Waals surface area contributed by atoms with Gasteiger partial charge in [-0.05, 0) is 45.3 Å². The fourth-order valence-electron chi connectivity index (χ4n) is 2.82. The third kappa shape index (κ3) is 5.08. The number of ether oxygens (including phenoxy) is 1. The van der Waals surface area contributed by atoms with Crippen LogP contribution in [0.5, 0.6) is 5.75 Å². The Balaban J connectivity index is 1.80. The number of pyridine rings is 1. The minimum atomic E-state index is -0.722. The van der Waals surface area contributed by atoms with E-state index in [1.54, 1.807) is 24.4 Å². The number of amides is 1. The highest BCUT2D eigenvalue weighted by Gasteiger charge is 2.12. The second-order valence-electron chi connectivity index (χ2n) is 6.36. The first-order chi connectivity index (χ1) is 13.8. The molecule has 3 aromatic rings. The molecule has 29 heavy (non-hydrogen) atoms. The maximum Gasteiger partial charge on any atom is 0.268 e. The molecule has 0 aliphatic carbocycles. The summed E-state index contributed by atoms with van der Waals surface area (Å²) in [5.41, 5.74) is 6.64. The van der Waals surface area contributed by atoms with Gasteiger partial charge in [-0.3, -0.25) is 9.59 Å². The van der Waals surface area contributed by atoms with E-state index < -0.39 is 17.5 Å². The predicted octanol–water partition coefficient (Wildman–Crippen LogP) is 3.54. The van der Waals surface area contributed by atoms with Gasteiger partial charge < -0.3 is 15.0 Å². The molecule has 1 amide bonds. The van der Waals surface area contributed by atoms with Gasteiger partial charge in [0.25, 0.3) is 5.56 Å². The minimum absolute atomic E-state index is 0.0799. The Kier molecular flexibility index (Phi) is 6.43. The zero-order valence-corrected chi connectivity index (χ0v) is 16.8. The summed E-state index contributed by atoms with van der Waals surface area (Å²) in [7, 11) is 0. The molecule has 5 nitrogen and oxygen atoms in total. The molecule has 0 saturated heterocycles. The molecule has 8 heteroatoms. The monoisotopic (exact) mass is 462 g/mol. The molecule has 0 aliphatic heterocycles. The topological polar surface area (TPSA) is 74.3 Å². The van der Waals surface area contributed by atoms with Crippen LogP contribution < -0.4 is 16.0 Å². The van der Waals surface area contributed by atoms with Crippen molar-refractivity contribution >= 4 is 21.8 Å². The molecule has 2 aromatic carbocycles. The molecule has 0 spiro atoms. The number of nitrogens with zero attached hydrogens (tertiary/aromatic N) is 1. The van der Waals surface area contributed by atoms with Crippen LogP contribution in [0.2, 0.25) is 0 Å². The number of aromatic nitrogens is 1. The molecule has 1 heterocycles. The predicted molar refractivity (Wildman–Crippen MR) is 108 cm³/mol. The quantitative estimate of drug-likeness (QED) is 0.583. The fourth-order valence-corrected chi connectivity index (χ4v) is 3.29. The van der Waals surface area contributed by atoms with Crippen LogP contribution in [0.25, 0.3) is 0 Å². The second-order valence-corrected chi connectivity index (χ2v) is 7.16. The number of halogens is 3. The number of carbonyl (C=O) groups excluding carboxylic acids is 1. The van der Waals surface area contributed by atoms with Gasteiger partial charge in [-0.1, -0.05) is 24.3 Å². The van der Waals surface area contributed by atoms with Crippen LogP contribution in [0.3, 0.4) is 0 Å². The summed E-state index contributed by atoms with van der Waals surface area (Å²) in [6.45, 7) is 0.0867. The summed E-state index contributed by atoms with van der Waals surface area (Å²) in [6.07, 6.45) is 1.63. The number of carbonyl (C=O) groups is 1. The molecule has 0 fully saturated rings. The number of primary amides is 1. The van der Waals surface area contributed by atoms with E-state index in [1.807, 2.05) is 12.1 Å². The largest absolute Gasteiger partial charge is 0.487 e. The maximum atomic E-state index is 13.7. The third-order valence-corrected chi connectivity index (χ3v) is 5.02. The summed E-state index contributed by atoms with van der Waals surface area (Å²) in [6, 6.07) is 12.0. The van der Waals surface area contributed by atoms with Crippen molar-refractivity contribution in [2.24, 2.45) is 5.73 Å². The van der Waals surface area contributed by atoms with E-state index in [9.17, 15) is 18.4 Å². The van der Waals surface area contributed by atoms with Gasteiger partial charge in [0.2, 0.25) is 5.91 Å². The van der Waals surface area contributed by atoms with Crippen molar-refractivity contribution in [1.82, 2.24) is 4.57 Å². The average Bonchev–Trinajstić information content (AvgIpc) is 2.67. The maximum absolute atomic E-state index is 13.7. The van der Waals surface area contributed by atoms with Gasteiger partial charge in [-0.2, -0.15) is 0 Å². The Labute approximate surface area is 173 Å². The number of hydrogen-bond acceptors (Lipinski definition) is 3. The molecule has 0 bridgehead atoms. The number of hydrogen-bond donors (Lipinski definition) is 1. The summed E-state index contributed by atoms with van der Waals surface area (Å²) in [5, 5.41) is 0. The van der Waals surface area contributed by atoms with Crippen LogP contribution in [0.1, 0.15) is 16.7 Å². The van der Waals surface area contributed by atoms with Crippen molar-refractivity contribution in [3.63, 3.8) is 0 Å². The van der Waals surface area contributed by atoms with E-state index in [1.165, 1.54) is 10.6 Å². The van der Waals surface area contributed by atoms with Crippen molar-refractivity contribution in [2.75, 3.05) is 0 Å². The minimum Gasteiger partial charge on any atom is -0.487 e. The molecular weight excluding hydrogens is 446 g/mol. The van der Waals surface area contributed by atoms with E-state index in [-0.39, 0.29) is 40.9 Å². The first kappa shape index (κ1) is 20.7. The Morgan fingerprint density at radius 3 is 2.48 bits per heavy atom. The van der Waals surface area contributed by atoms with Crippen LogP contribution in [-0.4, -0.2) is 10.5 Å². The highest BCUT2D eigenvalue weighted by molar-refractivity contribution is 9.10. The van der Waals surface area contributed by atoms with Crippen LogP contribution in [-0.2, 0) is 24.4 Å². The summed E-state index contributed by atoms with van der Waals surface area (Å²) in [4.78, 5) is 23.9. The Morgan fingerprint density at radius 1 is 1.07 bits per heavy atom. The zero-order valence-electron chi connectivity index (χ0n) is 15.2. The average molecular weight is 463 g/mol. The Morgan fingerprint density at radius 2 is 1.79 bits per heavy atom. The lowest BCUT2D eigenvalue weighted by molar-refractivity contribution is -0.117. The lowest BCUT2D eigenvalue weighted by Crippen LogP contribution is -2.22. The van der Waals surface area contributed by atoms with E-state index in [0.29, 0.717) is 0 Å². The molecular formula is C21H17BrF2N2O3. The molecule has 0 atom stereocenters. The molecule has 0 radical (unpaired) electrons. The molecule has 0 unspecified atom stereocenters. The lowest BCUT2D eigenvalue weighted by atomic mass is 10.0. The van der Waals surface area contributed by atoms with Crippen LogP contribution in [0.15, 0.2) is 64.0 Å². The van der Waals surface area contributed by atoms with E-state index in [4.69, 9.17) is 10.5 Å².